The van der Waals surface area contributed by atoms with Gasteiger partial charge in [0.15, 0.2) is 0 Å². The zero-order chi connectivity index (χ0) is 17.4. The van der Waals surface area contributed by atoms with E-state index in [9.17, 15) is 9.59 Å². The van der Waals surface area contributed by atoms with Crippen molar-refractivity contribution in [3.63, 3.8) is 0 Å². The Morgan fingerprint density at radius 1 is 1.12 bits per heavy atom. The first-order valence-corrected chi connectivity index (χ1v) is 8.41. The number of fused-ring (bicyclic) bond motifs is 2. The second-order valence-electron chi connectivity index (χ2n) is 6.13. The lowest BCUT2D eigenvalue weighted by molar-refractivity contribution is -0.122. The number of nitrogens with one attached hydrogen (secondary N) is 3. The SMILES string of the molecule is O=C(N[C@@H]1Cc2ccccc2CNC1=O)c1cc2cc(Cl)ccc2[nH]1. The Hall–Kier alpha value is -2.79. The number of hydrogen-bond acceptors (Lipinski definition) is 2. The number of benzene rings is 2. The molecule has 4 rings (SSSR count). The van der Waals surface area contributed by atoms with Gasteiger partial charge in [-0.05, 0) is 35.4 Å². The molecule has 1 aliphatic rings. The highest BCUT2D eigenvalue weighted by molar-refractivity contribution is 6.31. The third-order valence-electron chi connectivity index (χ3n) is 4.44. The van der Waals surface area contributed by atoms with Crippen LogP contribution in [0.2, 0.25) is 5.02 Å². The van der Waals surface area contributed by atoms with Gasteiger partial charge in [0.2, 0.25) is 5.91 Å². The predicted molar refractivity (Wildman–Crippen MR) is 96.6 cm³/mol. The van der Waals surface area contributed by atoms with E-state index in [1.807, 2.05) is 30.3 Å². The summed E-state index contributed by atoms with van der Waals surface area (Å²) < 4.78 is 0. The van der Waals surface area contributed by atoms with Gasteiger partial charge in [-0.15, -0.1) is 0 Å². The molecule has 6 heteroatoms. The highest BCUT2D eigenvalue weighted by atomic mass is 35.5. The van der Waals surface area contributed by atoms with Crippen LogP contribution in [0.15, 0.2) is 48.5 Å². The summed E-state index contributed by atoms with van der Waals surface area (Å²) in [7, 11) is 0. The Morgan fingerprint density at radius 2 is 1.92 bits per heavy atom. The van der Waals surface area contributed by atoms with Crippen LogP contribution >= 0.6 is 11.6 Å². The summed E-state index contributed by atoms with van der Waals surface area (Å²) in [5, 5.41) is 7.15. The summed E-state index contributed by atoms with van der Waals surface area (Å²) in [6, 6.07) is 14.4. The molecule has 0 unspecified atom stereocenters. The molecule has 1 atom stereocenters. The van der Waals surface area contributed by atoms with Gasteiger partial charge in [0.1, 0.15) is 11.7 Å². The molecule has 0 bridgehead atoms. The number of aromatic amines is 1. The topological polar surface area (TPSA) is 74.0 Å². The number of rotatable bonds is 2. The second-order valence-corrected chi connectivity index (χ2v) is 6.57. The lowest BCUT2D eigenvalue weighted by Crippen LogP contribution is -2.46. The van der Waals surface area contributed by atoms with Gasteiger partial charge in [0, 0.05) is 28.9 Å². The molecular weight excluding hydrogens is 338 g/mol. The van der Waals surface area contributed by atoms with Crippen molar-refractivity contribution < 1.29 is 9.59 Å². The highest BCUT2D eigenvalue weighted by Crippen LogP contribution is 2.20. The Morgan fingerprint density at radius 3 is 2.76 bits per heavy atom. The van der Waals surface area contributed by atoms with Crippen LogP contribution < -0.4 is 10.6 Å². The maximum absolute atomic E-state index is 12.6. The van der Waals surface area contributed by atoms with Gasteiger partial charge in [0.25, 0.3) is 5.91 Å². The smallest absolute Gasteiger partial charge is 0.268 e. The van der Waals surface area contributed by atoms with Crippen molar-refractivity contribution in [3.8, 4) is 0 Å². The first-order chi connectivity index (χ1) is 12.1. The van der Waals surface area contributed by atoms with E-state index in [1.54, 1.807) is 18.2 Å². The fourth-order valence-electron chi connectivity index (χ4n) is 3.13. The molecule has 0 spiro atoms. The Bertz CT molecular complexity index is 980. The van der Waals surface area contributed by atoms with Gasteiger partial charge in [-0.1, -0.05) is 35.9 Å². The van der Waals surface area contributed by atoms with Gasteiger partial charge in [-0.2, -0.15) is 0 Å². The zero-order valence-electron chi connectivity index (χ0n) is 13.3. The molecule has 0 saturated carbocycles. The quantitative estimate of drug-likeness (QED) is 0.662. The number of hydrogen-bond donors (Lipinski definition) is 3. The van der Waals surface area contributed by atoms with Gasteiger partial charge >= 0.3 is 0 Å². The van der Waals surface area contributed by atoms with E-state index in [1.165, 1.54) is 0 Å². The van der Waals surface area contributed by atoms with Gasteiger partial charge in [0.05, 0.1) is 0 Å². The number of carbonyl (C=O) groups is 2. The van der Waals surface area contributed by atoms with Crippen molar-refractivity contribution in [3.05, 3.63) is 70.4 Å². The van der Waals surface area contributed by atoms with Crippen LogP contribution in [0.3, 0.4) is 0 Å². The zero-order valence-corrected chi connectivity index (χ0v) is 14.1. The Balaban J connectivity index is 1.57. The molecule has 0 saturated heterocycles. The minimum Gasteiger partial charge on any atom is -0.351 e. The minimum atomic E-state index is -0.605. The van der Waals surface area contributed by atoms with Crippen molar-refractivity contribution in [2.24, 2.45) is 0 Å². The molecule has 3 aromatic rings. The molecule has 1 aromatic heterocycles. The normalized spacial score (nSPS) is 16.8. The number of halogens is 1. The fourth-order valence-corrected chi connectivity index (χ4v) is 3.31. The lowest BCUT2D eigenvalue weighted by Gasteiger charge is -2.15. The molecule has 0 aliphatic carbocycles. The molecule has 0 fully saturated rings. The third kappa shape index (κ3) is 3.10. The molecule has 1 aliphatic heterocycles. The van der Waals surface area contributed by atoms with Crippen molar-refractivity contribution in [2.75, 3.05) is 0 Å². The molecule has 2 aromatic carbocycles. The summed E-state index contributed by atoms with van der Waals surface area (Å²) in [6.07, 6.45) is 0.472. The highest BCUT2D eigenvalue weighted by Gasteiger charge is 2.26. The van der Waals surface area contributed by atoms with Crippen LogP contribution in [0.25, 0.3) is 10.9 Å². The summed E-state index contributed by atoms with van der Waals surface area (Å²) in [5.41, 5.74) is 3.37. The van der Waals surface area contributed by atoms with Crippen LogP contribution in [-0.4, -0.2) is 22.8 Å². The molecule has 3 N–H and O–H groups in total. The van der Waals surface area contributed by atoms with E-state index < -0.39 is 6.04 Å². The van der Waals surface area contributed by atoms with Crippen molar-refractivity contribution in [1.82, 2.24) is 15.6 Å². The summed E-state index contributed by atoms with van der Waals surface area (Å²) in [5.74, 6) is -0.490. The second kappa shape index (κ2) is 6.26. The Labute approximate surface area is 149 Å². The van der Waals surface area contributed by atoms with Crippen molar-refractivity contribution in [1.29, 1.82) is 0 Å². The molecule has 0 radical (unpaired) electrons. The third-order valence-corrected chi connectivity index (χ3v) is 4.68. The van der Waals surface area contributed by atoms with Gasteiger partial charge in [-0.25, -0.2) is 0 Å². The maximum atomic E-state index is 12.6. The summed E-state index contributed by atoms with van der Waals surface area (Å²) >= 11 is 5.98. The standard InChI is InChI=1S/C19H16ClN3O2/c20-14-5-6-15-13(7-14)9-17(22-15)19(25)23-16-8-11-3-1-2-4-12(11)10-21-18(16)24/h1-7,9,16,22H,8,10H2,(H,21,24)(H,23,25)/t16-/m1/s1. The van der Waals surface area contributed by atoms with Crippen LogP contribution in [0.5, 0.6) is 0 Å². The van der Waals surface area contributed by atoms with Crippen LogP contribution in [0.1, 0.15) is 21.6 Å². The monoisotopic (exact) mass is 353 g/mol. The summed E-state index contributed by atoms with van der Waals surface area (Å²) in [6.45, 7) is 0.478. The maximum Gasteiger partial charge on any atom is 0.268 e. The minimum absolute atomic E-state index is 0.177. The molecule has 25 heavy (non-hydrogen) atoms. The summed E-state index contributed by atoms with van der Waals surface area (Å²) in [4.78, 5) is 28.0. The van der Waals surface area contributed by atoms with E-state index in [0.717, 1.165) is 22.0 Å². The van der Waals surface area contributed by atoms with Crippen LogP contribution in [-0.2, 0) is 17.8 Å². The number of H-pyrrole nitrogens is 1. The number of carbonyl (C=O) groups excluding carboxylic acids is 2. The van der Waals surface area contributed by atoms with E-state index in [4.69, 9.17) is 11.6 Å². The van der Waals surface area contributed by atoms with Crippen molar-refractivity contribution >= 4 is 34.3 Å². The van der Waals surface area contributed by atoms with E-state index in [0.29, 0.717) is 23.7 Å². The van der Waals surface area contributed by atoms with Crippen molar-refractivity contribution in [2.45, 2.75) is 19.0 Å². The van der Waals surface area contributed by atoms with E-state index >= 15 is 0 Å². The molecule has 2 heterocycles. The number of aromatic nitrogens is 1. The largest absolute Gasteiger partial charge is 0.351 e. The average Bonchev–Trinajstić information content (AvgIpc) is 2.96. The van der Waals surface area contributed by atoms with Gasteiger partial charge < -0.3 is 15.6 Å². The van der Waals surface area contributed by atoms with Gasteiger partial charge in [-0.3, -0.25) is 9.59 Å². The average molecular weight is 354 g/mol. The van der Waals surface area contributed by atoms with Crippen LogP contribution in [0.4, 0.5) is 0 Å². The number of amides is 2. The molecular formula is C19H16ClN3O2. The first kappa shape index (κ1) is 15.7. The van der Waals surface area contributed by atoms with E-state index in [-0.39, 0.29) is 11.8 Å². The van der Waals surface area contributed by atoms with E-state index in [2.05, 4.69) is 15.6 Å². The molecule has 2 amide bonds. The lowest BCUT2D eigenvalue weighted by atomic mass is 10.0. The fraction of sp³-hybridized carbons (Fsp3) is 0.158. The first-order valence-electron chi connectivity index (χ1n) is 8.04. The Kier molecular flexibility index (Phi) is 3.93. The molecule has 126 valence electrons. The molecule has 5 nitrogen and oxygen atoms in total. The predicted octanol–water partition coefficient (Wildman–Crippen LogP) is 2.79. The van der Waals surface area contributed by atoms with Crippen LogP contribution in [0, 0.1) is 0 Å².